The van der Waals surface area contributed by atoms with Crippen LogP contribution < -0.4 is 0 Å². The van der Waals surface area contributed by atoms with Gasteiger partial charge in [-0.25, -0.2) is 0 Å². The Kier molecular flexibility index (Phi) is 3.01. The lowest BCUT2D eigenvalue weighted by Gasteiger charge is -1.94. The molecule has 0 heterocycles. The molecule has 0 saturated heterocycles. The lowest BCUT2D eigenvalue weighted by molar-refractivity contribution is 0.926. The van der Waals surface area contributed by atoms with Gasteiger partial charge in [0.2, 0.25) is 0 Å². The SMILES string of the molecule is CCCC1=CC=CCC=C1. The molecule has 1 aliphatic carbocycles. The molecule has 0 aromatic rings. The van der Waals surface area contributed by atoms with E-state index in [9.17, 15) is 0 Å². The second-order valence-electron chi connectivity index (χ2n) is 2.56. The summed E-state index contributed by atoms with van der Waals surface area (Å²) in [5.41, 5.74) is 1.45. The van der Waals surface area contributed by atoms with Crippen LogP contribution in [0, 0.1) is 0 Å². The Hall–Kier alpha value is -0.780. The highest BCUT2D eigenvalue weighted by molar-refractivity contribution is 5.26. The second-order valence-corrected chi connectivity index (χ2v) is 2.56. The van der Waals surface area contributed by atoms with Gasteiger partial charge in [-0.05, 0) is 18.4 Å². The highest BCUT2D eigenvalue weighted by atomic mass is 14.0. The number of hydrogen-bond donors (Lipinski definition) is 0. The summed E-state index contributed by atoms with van der Waals surface area (Å²) in [5.74, 6) is 0. The van der Waals surface area contributed by atoms with E-state index in [1.807, 2.05) is 0 Å². The first-order chi connectivity index (χ1) is 4.93. The minimum absolute atomic E-state index is 1.09. The zero-order valence-electron chi connectivity index (χ0n) is 6.51. The molecule has 0 nitrogen and oxygen atoms in total. The van der Waals surface area contributed by atoms with Crippen molar-refractivity contribution in [3.63, 3.8) is 0 Å². The van der Waals surface area contributed by atoms with E-state index in [-0.39, 0.29) is 0 Å². The maximum atomic E-state index is 2.23. The fourth-order valence-corrected chi connectivity index (χ4v) is 1.08. The van der Waals surface area contributed by atoms with Crippen LogP contribution in [0.25, 0.3) is 0 Å². The van der Waals surface area contributed by atoms with Crippen LogP contribution in [0.3, 0.4) is 0 Å². The zero-order chi connectivity index (χ0) is 7.23. The molecule has 0 atom stereocenters. The fraction of sp³-hybridized carbons (Fsp3) is 0.400. The molecular formula is C10H14. The molecule has 0 amide bonds. The predicted molar refractivity (Wildman–Crippen MR) is 45.9 cm³/mol. The van der Waals surface area contributed by atoms with E-state index in [0.29, 0.717) is 0 Å². The lowest BCUT2D eigenvalue weighted by atomic mass is 10.1. The molecule has 54 valence electrons. The molecule has 0 radical (unpaired) electrons. The third kappa shape index (κ3) is 2.22. The first kappa shape index (κ1) is 7.33. The van der Waals surface area contributed by atoms with Crippen LogP contribution in [0.5, 0.6) is 0 Å². The highest BCUT2D eigenvalue weighted by Gasteiger charge is 1.89. The van der Waals surface area contributed by atoms with Gasteiger partial charge in [-0.2, -0.15) is 0 Å². The topological polar surface area (TPSA) is 0 Å². The van der Waals surface area contributed by atoms with Gasteiger partial charge in [0.25, 0.3) is 0 Å². The van der Waals surface area contributed by atoms with Crippen molar-refractivity contribution in [2.24, 2.45) is 0 Å². The predicted octanol–water partition coefficient (Wildman–Crippen LogP) is 3.23. The lowest BCUT2D eigenvalue weighted by Crippen LogP contribution is -1.74. The molecule has 0 unspecified atom stereocenters. The van der Waals surface area contributed by atoms with Crippen LogP contribution in [0.15, 0.2) is 36.0 Å². The fourth-order valence-electron chi connectivity index (χ4n) is 1.08. The summed E-state index contributed by atoms with van der Waals surface area (Å²) >= 11 is 0. The second kappa shape index (κ2) is 4.10. The van der Waals surface area contributed by atoms with Crippen molar-refractivity contribution >= 4 is 0 Å². The van der Waals surface area contributed by atoms with Gasteiger partial charge in [0.1, 0.15) is 0 Å². The van der Waals surface area contributed by atoms with Gasteiger partial charge in [0.05, 0.1) is 0 Å². The van der Waals surface area contributed by atoms with Gasteiger partial charge < -0.3 is 0 Å². The van der Waals surface area contributed by atoms with Crippen molar-refractivity contribution in [1.29, 1.82) is 0 Å². The van der Waals surface area contributed by atoms with E-state index in [0.717, 1.165) is 6.42 Å². The molecule has 0 saturated carbocycles. The van der Waals surface area contributed by atoms with E-state index in [2.05, 4.69) is 37.3 Å². The molecule has 1 rings (SSSR count). The third-order valence-corrected chi connectivity index (χ3v) is 1.59. The quantitative estimate of drug-likeness (QED) is 0.544. The smallest absolute Gasteiger partial charge is 0.0163 e. The molecule has 0 heteroatoms. The summed E-state index contributed by atoms with van der Waals surface area (Å²) in [7, 11) is 0. The van der Waals surface area contributed by atoms with Crippen LogP contribution in [-0.4, -0.2) is 0 Å². The maximum Gasteiger partial charge on any atom is -0.0163 e. The van der Waals surface area contributed by atoms with Crippen molar-refractivity contribution in [2.45, 2.75) is 26.2 Å². The summed E-state index contributed by atoms with van der Waals surface area (Å²) in [6.45, 7) is 2.21. The Morgan fingerprint density at radius 2 is 2.30 bits per heavy atom. The number of allylic oxidation sites excluding steroid dienone is 6. The molecule has 0 aromatic heterocycles. The van der Waals surface area contributed by atoms with Crippen LogP contribution in [0.1, 0.15) is 26.2 Å². The van der Waals surface area contributed by atoms with Gasteiger partial charge >= 0.3 is 0 Å². The largest absolute Gasteiger partial charge is 0.0807 e. The van der Waals surface area contributed by atoms with Gasteiger partial charge in [-0.3, -0.25) is 0 Å². The molecule has 0 spiro atoms. The first-order valence-corrected chi connectivity index (χ1v) is 3.95. The third-order valence-electron chi connectivity index (χ3n) is 1.59. The molecule has 0 aliphatic heterocycles. The molecule has 0 aromatic carbocycles. The molecule has 10 heavy (non-hydrogen) atoms. The van der Waals surface area contributed by atoms with Gasteiger partial charge in [0.15, 0.2) is 0 Å². The number of rotatable bonds is 2. The normalized spacial score (nSPS) is 16.7. The van der Waals surface area contributed by atoms with E-state index >= 15 is 0 Å². The summed E-state index contributed by atoms with van der Waals surface area (Å²) in [6.07, 6.45) is 14.5. The Bertz CT molecular complexity index is 170. The van der Waals surface area contributed by atoms with Gasteiger partial charge in [-0.1, -0.05) is 43.7 Å². The summed E-state index contributed by atoms with van der Waals surface area (Å²) in [6, 6.07) is 0. The van der Waals surface area contributed by atoms with Crippen LogP contribution in [0.2, 0.25) is 0 Å². The standard InChI is InChI=1S/C10H14/c1-2-7-10-8-5-3-4-6-9-10/h3,5-6,8-9H,2,4,7H2,1H3. The van der Waals surface area contributed by atoms with E-state index in [1.165, 1.54) is 18.4 Å². The van der Waals surface area contributed by atoms with E-state index in [1.54, 1.807) is 0 Å². The maximum absolute atomic E-state index is 2.23. The van der Waals surface area contributed by atoms with Crippen LogP contribution in [-0.2, 0) is 0 Å². The molecule has 0 N–H and O–H groups in total. The summed E-state index contributed by atoms with van der Waals surface area (Å²) in [5, 5.41) is 0. The Balaban J connectivity index is 2.55. The molecule has 0 fully saturated rings. The van der Waals surface area contributed by atoms with Gasteiger partial charge in [-0.15, -0.1) is 0 Å². The average Bonchev–Trinajstić information content (AvgIpc) is 2.17. The summed E-state index contributed by atoms with van der Waals surface area (Å²) in [4.78, 5) is 0. The number of hydrogen-bond acceptors (Lipinski definition) is 0. The van der Waals surface area contributed by atoms with E-state index in [4.69, 9.17) is 0 Å². The average molecular weight is 134 g/mol. The molecular weight excluding hydrogens is 120 g/mol. The van der Waals surface area contributed by atoms with Crippen molar-refractivity contribution in [2.75, 3.05) is 0 Å². The monoisotopic (exact) mass is 134 g/mol. The first-order valence-electron chi connectivity index (χ1n) is 3.95. The van der Waals surface area contributed by atoms with E-state index < -0.39 is 0 Å². The van der Waals surface area contributed by atoms with Crippen molar-refractivity contribution in [3.05, 3.63) is 36.0 Å². The van der Waals surface area contributed by atoms with Crippen LogP contribution >= 0.6 is 0 Å². The Labute approximate surface area is 62.9 Å². The highest BCUT2D eigenvalue weighted by Crippen LogP contribution is 2.09. The van der Waals surface area contributed by atoms with Crippen molar-refractivity contribution in [1.82, 2.24) is 0 Å². The minimum Gasteiger partial charge on any atom is -0.0807 e. The minimum atomic E-state index is 1.09. The molecule has 1 aliphatic rings. The van der Waals surface area contributed by atoms with Crippen molar-refractivity contribution < 1.29 is 0 Å². The zero-order valence-corrected chi connectivity index (χ0v) is 6.51. The van der Waals surface area contributed by atoms with Crippen LogP contribution in [0.4, 0.5) is 0 Å². The molecule has 0 bridgehead atoms. The van der Waals surface area contributed by atoms with Crippen molar-refractivity contribution in [3.8, 4) is 0 Å². The summed E-state index contributed by atoms with van der Waals surface area (Å²) < 4.78 is 0. The Morgan fingerprint density at radius 1 is 1.40 bits per heavy atom. The Morgan fingerprint density at radius 3 is 3.10 bits per heavy atom. The van der Waals surface area contributed by atoms with Gasteiger partial charge in [0, 0.05) is 0 Å².